The number of nitrogens with zero attached hydrogens (tertiary/aromatic N) is 1. The van der Waals surface area contributed by atoms with E-state index in [0.29, 0.717) is 11.7 Å². The Hall–Kier alpha value is -1.92. The first-order valence-corrected chi connectivity index (χ1v) is 10.6. The second kappa shape index (κ2) is 7.76. The van der Waals surface area contributed by atoms with Gasteiger partial charge in [0.1, 0.15) is 17.3 Å². The molecule has 0 saturated carbocycles. The molecule has 0 aliphatic heterocycles. The molecule has 1 atom stereocenters. The predicted molar refractivity (Wildman–Crippen MR) is 105 cm³/mol. The Balaban J connectivity index is 2.36. The Morgan fingerprint density at radius 3 is 2.42 bits per heavy atom. The summed E-state index contributed by atoms with van der Waals surface area (Å²) in [5.74, 6) is 0.766. The van der Waals surface area contributed by atoms with Crippen molar-refractivity contribution in [3.8, 4) is 16.9 Å². The summed E-state index contributed by atoms with van der Waals surface area (Å²) in [4.78, 5) is 4.35. The summed E-state index contributed by atoms with van der Waals surface area (Å²) < 4.78 is 30.4. The summed E-state index contributed by atoms with van der Waals surface area (Å²) >= 11 is 0. The minimum Gasteiger partial charge on any atom is -0.490 e. The number of hydrogen-bond acceptors (Lipinski definition) is 5. The average molecular weight is 377 g/mol. The summed E-state index contributed by atoms with van der Waals surface area (Å²) in [6, 6.07) is 8.98. The maximum atomic E-state index is 12.3. The van der Waals surface area contributed by atoms with Crippen molar-refractivity contribution < 1.29 is 13.2 Å². The van der Waals surface area contributed by atoms with E-state index in [-0.39, 0.29) is 11.5 Å². The van der Waals surface area contributed by atoms with Crippen LogP contribution in [0, 0.1) is 12.8 Å². The largest absolute Gasteiger partial charge is 0.490 e. The van der Waals surface area contributed by atoms with Crippen LogP contribution in [0.25, 0.3) is 11.1 Å². The fraction of sp³-hybridized carbons (Fsp3) is 0.450. The zero-order valence-electron chi connectivity index (χ0n) is 16.1. The van der Waals surface area contributed by atoms with Gasteiger partial charge in [0.05, 0.1) is 0 Å². The van der Waals surface area contributed by atoms with Gasteiger partial charge in [-0.3, -0.25) is 4.98 Å². The number of rotatable bonds is 7. The standard InChI is InChI=1S/C20H28N2O3S/c1-14(2)12-20(4,21)13-25-18-7-6-16(11-19(18)26(5,23)24)17-8-9-22-15(3)10-17/h6-11,14H,12-13,21H2,1-5H3. The van der Waals surface area contributed by atoms with Gasteiger partial charge in [0, 0.05) is 23.7 Å². The molecule has 0 aliphatic carbocycles. The predicted octanol–water partition coefficient (Wildman–Crippen LogP) is 3.60. The molecular weight excluding hydrogens is 348 g/mol. The van der Waals surface area contributed by atoms with Gasteiger partial charge in [0.15, 0.2) is 9.84 Å². The Bertz CT molecular complexity index is 874. The zero-order valence-corrected chi connectivity index (χ0v) is 16.9. The van der Waals surface area contributed by atoms with E-state index in [1.807, 2.05) is 32.0 Å². The van der Waals surface area contributed by atoms with E-state index < -0.39 is 15.4 Å². The fourth-order valence-electron chi connectivity index (χ4n) is 3.06. The zero-order chi connectivity index (χ0) is 19.5. The number of hydrogen-bond donors (Lipinski definition) is 1. The highest BCUT2D eigenvalue weighted by atomic mass is 32.2. The van der Waals surface area contributed by atoms with Crippen LogP contribution in [-0.2, 0) is 9.84 Å². The van der Waals surface area contributed by atoms with Gasteiger partial charge >= 0.3 is 0 Å². The Morgan fingerprint density at radius 1 is 1.19 bits per heavy atom. The smallest absolute Gasteiger partial charge is 0.179 e. The Kier molecular flexibility index (Phi) is 6.09. The number of ether oxygens (including phenoxy) is 1. The Labute approximate surface area is 156 Å². The topological polar surface area (TPSA) is 82.3 Å². The van der Waals surface area contributed by atoms with Crippen molar-refractivity contribution in [2.45, 2.75) is 44.6 Å². The maximum absolute atomic E-state index is 12.3. The van der Waals surface area contributed by atoms with Crippen LogP contribution in [0.1, 0.15) is 32.9 Å². The van der Waals surface area contributed by atoms with Crippen LogP contribution in [0.15, 0.2) is 41.4 Å². The highest BCUT2D eigenvalue weighted by Crippen LogP contribution is 2.31. The first kappa shape index (κ1) is 20.4. The Morgan fingerprint density at radius 2 is 1.85 bits per heavy atom. The molecule has 2 N–H and O–H groups in total. The van der Waals surface area contributed by atoms with Crippen LogP contribution in [0.3, 0.4) is 0 Å². The SMILES string of the molecule is Cc1cc(-c2ccc(OCC(C)(N)CC(C)C)c(S(C)(=O)=O)c2)ccn1. The van der Waals surface area contributed by atoms with Gasteiger partial charge in [0.2, 0.25) is 0 Å². The van der Waals surface area contributed by atoms with Crippen LogP contribution in [0.4, 0.5) is 0 Å². The van der Waals surface area contributed by atoms with Gasteiger partial charge in [-0.05, 0) is 61.6 Å². The van der Waals surface area contributed by atoms with Crippen molar-refractivity contribution in [3.63, 3.8) is 0 Å². The van der Waals surface area contributed by atoms with Gasteiger partial charge in [-0.25, -0.2) is 8.42 Å². The average Bonchev–Trinajstić information content (AvgIpc) is 2.51. The molecule has 26 heavy (non-hydrogen) atoms. The number of aryl methyl sites for hydroxylation is 1. The third-order valence-electron chi connectivity index (χ3n) is 4.01. The quantitative estimate of drug-likeness (QED) is 0.798. The lowest BCUT2D eigenvalue weighted by Gasteiger charge is -2.27. The molecule has 1 aromatic carbocycles. The summed E-state index contributed by atoms with van der Waals surface area (Å²) in [6.45, 7) is 8.26. The molecule has 0 bridgehead atoms. The van der Waals surface area contributed by atoms with Crippen LogP contribution < -0.4 is 10.5 Å². The highest BCUT2D eigenvalue weighted by Gasteiger charge is 2.23. The monoisotopic (exact) mass is 376 g/mol. The lowest BCUT2D eigenvalue weighted by Crippen LogP contribution is -2.43. The van der Waals surface area contributed by atoms with E-state index in [1.54, 1.807) is 18.3 Å². The van der Waals surface area contributed by atoms with E-state index in [0.717, 1.165) is 23.2 Å². The van der Waals surface area contributed by atoms with Gasteiger partial charge in [-0.1, -0.05) is 19.9 Å². The fourth-order valence-corrected chi connectivity index (χ4v) is 3.89. The van der Waals surface area contributed by atoms with Crippen molar-refractivity contribution in [1.29, 1.82) is 0 Å². The molecule has 0 spiro atoms. The van der Waals surface area contributed by atoms with Gasteiger partial charge in [-0.15, -0.1) is 0 Å². The molecule has 0 radical (unpaired) electrons. The summed E-state index contributed by atoms with van der Waals surface area (Å²) in [7, 11) is -3.45. The van der Waals surface area contributed by atoms with Crippen molar-refractivity contribution >= 4 is 9.84 Å². The minimum atomic E-state index is -3.45. The van der Waals surface area contributed by atoms with Crippen LogP contribution in [0.2, 0.25) is 0 Å². The highest BCUT2D eigenvalue weighted by molar-refractivity contribution is 7.90. The molecule has 1 heterocycles. The van der Waals surface area contributed by atoms with Gasteiger partial charge in [0.25, 0.3) is 0 Å². The van der Waals surface area contributed by atoms with Gasteiger partial charge < -0.3 is 10.5 Å². The number of nitrogens with two attached hydrogens (primary N) is 1. The van der Waals surface area contributed by atoms with Gasteiger partial charge in [-0.2, -0.15) is 0 Å². The van der Waals surface area contributed by atoms with Crippen molar-refractivity contribution in [2.24, 2.45) is 11.7 Å². The molecule has 0 saturated heterocycles. The van der Waals surface area contributed by atoms with Crippen LogP contribution in [-0.4, -0.2) is 31.8 Å². The molecule has 2 rings (SSSR count). The lowest BCUT2D eigenvalue weighted by atomic mass is 9.93. The number of benzene rings is 1. The van der Waals surface area contributed by atoms with E-state index in [9.17, 15) is 8.42 Å². The first-order chi connectivity index (χ1) is 12.0. The lowest BCUT2D eigenvalue weighted by molar-refractivity contribution is 0.203. The van der Waals surface area contributed by atoms with E-state index in [4.69, 9.17) is 10.5 Å². The second-order valence-corrected chi connectivity index (χ2v) is 9.64. The third kappa shape index (κ3) is 5.54. The minimum absolute atomic E-state index is 0.171. The molecule has 1 aromatic heterocycles. The van der Waals surface area contributed by atoms with Crippen molar-refractivity contribution in [3.05, 3.63) is 42.2 Å². The van der Waals surface area contributed by atoms with E-state index >= 15 is 0 Å². The molecule has 6 heteroatoms. The summed E-state index contributed by atoms with van der Waals surface area (Å²) in [5.41, 5.74) is 8.35. The first-order valence-electron chi connectivity index (χ1n) is 8.67. The molecule has 0 fully saturated rings. The molecule has 5 nitrogen and oxygen atoms in total. The summed E-state index contributed by atoms with van der Waals surface area (Å²) in [5, 5.41) is 0. The number of sulfone groups is 1. The molecule has 2 aromatic rings. The molecule has 142 valence electrons. The summed E-state index contributed by atoms with van der Waals surface area (Å²) in [6.07, 6.45) is 3.68. The molecule has 0 amide bonds. The number of pyridine rings is 1. The van der Waals surface area contributed by atoms with E-state index in [2.05, 4.69) is 18.8 Å². The van der Waals surface area contributed by atoms with E-state index in [1.165, 1.54) is 6.26 Å². The van der Waals surface area contributed by atoms with Crippen LogP contribution in [0.5, 0.6) is 5.75 Å². The second-order valence-electron chi connectivity index (χ2n) is 7.66. The number of aromatic nitrogens is 1. The molecule has 1 unspecified atom stereocenters. The third-order valence-corrected chi connectivity index (χ3v) is 5.12. The molecule has 0 aliphatic rings. The molecular formula is C20H28N2O3S. The van der Waals surface area contributed by atoms with Crippen molar-refractivity contribution in [1.82, 2.24) is 4.98 Å². The normalized spacial score (nSPS) is 14.3. The maximum Gasteiger partial charge on any atom is 0.179 e. The van der Waals surface area contributed by atoms with Crippen molar-refractivity contribution in [2.75, 3.05) is 12.9 Å². The van der Waals surface area contributed by atoms with Crippen LogP contribution >= 0.6 is 0 Å².